The van der Waals surface area contributed by atoms with Crippen molar-refractivity contribution in [1.29, 1.82) is 0 Å². The van der Waals surface area contributed by atoms with E-state index < -0.39 is 18.0 Å². The zero-order chi connectivity index (χ0) is 15.0. The van der Waals surface area contributed by atoms with Crippen LogP contribution < -0.4 is 10.6 Å². The van der Waals surface area contributed by atoms with Crippen LogP contribution >= 0.6 is 0 Å². The van der Waals surface area contributed by atoms with E-state index in [-0.39, 0.29) is 12.5 Å². The molecule has 1 aliphatic heterocycles. The molecule has 2 atom stereocenters. The highest BCUT2D eigenvalue weighted by atomic mass is 16.5. The monoisotopic (exact) mass is 285 g/mol. The van der Waals surface area contributed by atoms with E-state index in [0.29, 0.717) is 13.2 Å². The number of carbonyl (C=O) groups excluding carboxylic acids is 1. The van der Waals surface area contributed by atoms with Crippen molar-refractivity contribution in [2.75, 3.05) is 32.8 Å². The Hall–Kier alpha value is -1.60. The Bertz CT molecular complexity index is 343. The summed E-state index contributed by atoms with van der Waals surface area (Å²) in [6.07, 6.45) is 1.66. The molecule has 7 nitrogen and oxygen atoms in total. The number of amides is 2. The van der Waals surface area contributed by atoms with Gasteiger partial charge in [0.15, 0.2) is 0 Å². The summed E-state index contributed by atoms with van der Waals surface area (Å²) in [5.41, 5.74) is 0. The normalized spacial score (nSPS) is 18.9. The molecular formula is C13H23N3O4. The summed E-state index contributed by atoms with van der Waals surface area (Å²) in [6.45, 7) is 9.19. The highest BCUT2D eigenvalue weighted by Crippen LogP contribution is 1.99. The lowest BCUT2D eigenvalue weighted by Gasteiger charge is -2.29. The van der Waals surface area contributed by atoms with Crippen molar-refractivity contribution >= 4 is 12.0 Å². The molecule has 20 heavy (non-hydrogen) atoms. The number of carboxylic acids is 1. The largest absolute Gasteiger partial charge is 0.480 e. The Labute approximate surface area is 119 Å². The third kappa shape index (κ3) is 6.03. The zero-order valence-corrected chi connectivity index (χ0v) is 11.8. The van der Waals surface area contributed by atoms with Crippen LogP contribution in [-0.4, -0.2) is 66.9 Å². The van der Waals surface area contributed by atoms with Crippen LogP contribution in [0.3, 0.4) is 0 Å². The first-order chi connectivity index (χ1) is 9.52. The van der Waals surface area contributed by atoms with Gasteiger partial charge in [0.25, 0.3) is 0 Å². The number of urea groups is 1. The molecule has 0 radical (unpaired) electrons. The minimum Gasteiger partial charge on any atom is -0.480 e. The molecule has 0 bridgehead atoms. The summed E-state index contributed by atoms with van der Waals surface area (Å²) < 4.78 is 5.25. The highest BCUT2D eigenvalue weighted by Gasteiger charge is 2.20. The summed E-state index contributed by atoms with van der Waals surface area (Å²) in [5.74, 6) is -1.07. The fraction of sp³-hybridized carbons (Fsp3) is 0.692. The molecule has 7 heteroatoms. The van der Waals surface area contributed by atoms with E-state index in [2.05, 4.69) is 22.1 Å². The molecule has 0 spiro atoms. The maximum absolute atomic E-state index is 11.7. The van der Waals surface area contributed by atoms with Crippen molar-refractivity contribution in [1.82, 2.24) is 15.5 Å². The maximum atomic E-state index is 11.7. The van der Waals surface area contributed by atoms with Crippen molar-refractivity contribution in [2.45, 2.75) is 25.4 Å². The van der Waals surface area contributed by atoms with E-state index in [1.165, 1.54) is 6.08 Å². The third-order valence-corrected chi connectivity index (χ3v) is 3.02. The Balaban J connectivity index is 2.32. The molecule has 1 fully saturated rings. The fourth-order valence-corrected chi connectivity index (χ4v) is 2.03. The average Bonchev–Trinajstić information content (AvgIpc) is 2.38. The van der Waals surface area contributed by atoms with Gasteiger partial charge in [-0.3, -0.25) is 4.90 Å². The van der Waals surface area contributed by atoms with Crippen molar-refractivity contribution < 1.29 is 19.4 Å². The summed E-state index contributed by atoms with van der Waals surface area (Å²) in [5, 5.41) is 14.1. The molecule has 1 aliphatic rings. The van der Waals surface area contributed by atoms with E-state index in [0.717, 1.165) is 19.6 Å². The van der Waals surface area contributed by atoms with Crippen LogP contribution in [0.15, 0.2) is 12.7 Å². The van der Waals surface area contributed by atoms with E-state index in [1.54, 1.807) is 0 Å². The summed E-state index contributed by atoms with van der Waals surface area (Å²) >= 11 is 0. The number of rotatable bonds is 7. The van der Waals surface area contributed by atoms with Gasteiger partial charge in [0, 0.05) is 25.7 Å². The van der Waals surface area contributed by atoms with Gasteiger partial charge in [-0.2, -0.15) is 0 Å². The average molecular weight is 285 g/mol. The van der Waals surface area contributed by atoms with Crippen LogP contribution in [0, 0.1) is 0 Å². The molecule has 0 aromatic rings. The van der Waals surface area contributed by atoms with Crippen LogP contribution in [0.5, 0.6) is 0 Å². The van der Waals surface area contributed by atoms with E-state index in [9.17, 15) is 9.59 Å². The Morgan fingerprint density at radius 3 is 2.60 bits per heavy atom. The third-order valence-electron chi connectivity index (χ3n) is 3.02. The van der Waals surface area contributed by atoms with Crippen molar-refractivity contribution in [2.24, 2.45) is 0 Å². The summed E-state index contributed by atoms with van der Waals surface area (Å²) in [6, 6.07) is -1.48. The lowest BCUT2D eigenvalue weighted by molar-refractivity contribution is -0.139. The molecule has 3 N–H and O–H groups in total. The van der Waals surface area contributed by atoms with Gasteiger partial charge in [0.05, 0.1) is 13.2 Å². The Morgan fingerprint density at radius 2 is 2.05 bits per heavy atom. The van der Waals surface area contributed by atoms with E-state index in [1.807, 2.05) is 6.92 Å². The van der Waals surface area contributed by atoms with Crippen molar-refractivity contribution in [3.8, 4) is 0 Å². The van der Waals surface area contributed by atoms with Crippen molar-refractivity contribution in [3.63, 3.8) is 0 Å². The Kier molecular flexibility index (Phi) is 7.03. The number of aliphatic carboxylic acids is 1. The fourth-order valence-electron chi connectivity index (χ4n) is 2.03. The number of carbonyl (C=O) groups is 2. The van der Waals surface area contributed by atoms with Crippen molar-refractivity contribution in [3.05, 3.63) is 12.7 Å². The number of hydrogen-bond donors (Lipinski definition) is 3. The first-order valence-electron chi connectivity index (χ1n) is 6.73. The second-order valence-electron chi connectivity index (χ2n) is 4.85. The van der Waals surface area contributed by atoms with Crippen LogP contribution in [0.1, 0.15) is 13.3 Å². The number of ether oxygens (including phenoxy) is 1. The van der Waals surface area contributed by atoms with Gasteiger partial charge >= 0.3 is 12.0 Å². The van der Waals surface area contributed by atoms with Crippen LogP contribution in [-0.2, 0) is 9.53 Å². The molecule has 0 aromatic heterocycles. The van der Waals surface area contributed by atoms with E-state index in [4.69, 9.17) is 9.84 Å². The predicted molar refractivity (Wildman–Crippen MR) is 74.6 cm³/mol. The summed E-state index contributed by atoms with van der Waals surface area (Å²) in [7, 11) is 0. The van der Waals surface area contributed by atoms with Gasteiger partial charge in [-0.15, -0.1) is 6.58 Å². The topological polar surface area (TPSA) is 90.9 Å². The number of nitrogens with one attached hydrogen (secondary N) is 2. The van der Waals surface area contributed by atoms with Crippen LogP contribution in [0.2, 0.25) is 0 Å². The van der Waals surface area contributed by atoms with Gasteiger partial charge in [-0.1, -0.05) is 6.08 Å². The molecule has 0 aliphatic carbocycles. The highest BCUT2D eigenvalue weighted by molar-refractivity contribution is 5.82. The number of carboxylic acid groups (broad SMARTS) is 1. The van der Waals surface area contributed by atoms with Gasteiger partial charge in [-0.05, 0) is 13.3 Å². The summed E-state index contributed by atoms with van der Waals surface area (Å²) in [4.78, 5) is 24.8. The van der Waals surface area contributed by atoms with Gasteiger partial charge in [0.1, 0.15) is 6.04 Å². The molecule has 114 valence electrons. The molecular weight excluding hydrogens is 262 g/mol. The standard InChI is InChI=1S/C13H23N3O4/c1-3-4-11(12(17)18)15-13(19)14-10(2)9-16-5-7-20-8-6-16/h3,10-11H,1,4-9H2,2H3,(H,17,18)(H2,14,15,19). The molecule has 1 heterocycles. The molecule has 0 aromatic carbocycles. The van der Waals surface area contributed by atoms with E-state index >= 15 is 0 Å². The first kappa shape index (κ1) is 16.5. The Morgan fingerprint density at radius 1 is 1.40 bits per heavy atom. The second kappa shape index (κ2) is 8.55. The number of morpholine rings is 1. The molecule has 1 saturated heterocycles. The maximum Gasteiger partial charge on any atom is 0.326 e. The molecule has 2 unspecified atom stereocenters. The van der Waals surface area contributed by atoms with Gasteiger partial charge in [-0.25, -0.2) is 9.59 Å². The minimum atomic E-state index is -1.07. The van der Waals surface area contributed by atoms with Crippen LogP contribution in [0.25, 0.3) is 0 Å². The zero-order valence-electron chi connectivity index (χ0n) is 11.8. The predicted octanol–water partition coefficient (Wildman–Crippen LogP) is 0.0356. The lowest BCUT2D eigenvalue weighted by Crippen LogP contribution is -2.51. The smallest absolute Gasteiger partial charge is 0.326 e. The quantitative estimate of drug-likeness (QED) is 0.574. The van der Waals surface area contributed by atoms with Crippen LogP contribution in [0.4, 0.5) is 4.79 Å². The lowest BCUT2D eigenvalue weighted by atomic mass is 10.2. The number of hydrogen-bond acceptors (Lipinski definition) is 4. The SMILES string of the molecule is C=CCC(NC(=O)NC(C)CN1CCOCC1)C(=O)O. The second-order valence-corrected chi connectivity index (χ2v) is 4.85. The first-order valence-corrected chi connectivity index (χ1v) is 6.73. The van der Waals surface area contributed by atoms with Gasteiger partial charge in [0.2, 0.25) is 0 Å². The molecule has 1 rings (SSSR count). The minimum absolute atomic E-state index is 0.0636. The number of nitrogens with zero attached hydrogens (tertiary/aromatic N) is 1. The molecule has 0 saturated carbocycles. The molecule has 2 amide bonds. The van der Waals surface area contributed by atoms with Gasteiger partial charge < -0.3 is 20.5 Å².